The second-order valence-electron chi connectivity index (χ2n) is 0. The van der Waals surface area contributed by atoms with Crippen LogP contribution in [0.4, 0.5) is 0 Å². The molecule has 0 saturated carbocycles. The zero-order valence-electron chi connectivity index (χ0n) is 2.55. The quantitative estimate of drug-likeness (QED) is 0.434. The maximum Gasteiger partial charge on any atom is 0 e. The molecule has 0 fully saturated rings. The topological polar surface area (TPSA) is 0 Å². The molecule has 0 atom stereocenters. The summed E-state index contributed by atoms with van der Waals surface area (Å²) in [7, 11) is 0. The van der Waals surface area contributed by atoms with Gasteiger partial charge < -0.3 is 7.43 Å². The molecule has 0 aliphatic heterocycles. The van der Waals surface area contributed by atoms with E-state index in [0.29, 0.717) is 0 Å². The smallest absolute Gasteiger partial charge is 0 e. The molecule has 1 radical (unpaired) electrons. The van der Waals surface area contributed by atoms with Gasteiger partial charge in [-0.1, -0.05) is 0 Å². The number of hydrogen-bond acceptors (Lipinski definition) is 0. The predicted octanol–water partition coefficient (Wildman–Crippen LogP) is 0.440. The van der Waals surface area contributed by atoms with Crippen molar-refractivity contribution in [3.63, 3.8) is 0 Å². The van der Waals surface area contributed by atoms with Gasteiger partial charge in [-0.25, -0.2) is 0 Å². The Kier molecular flexibility index (Phi) is 378. The van der Waals surface area contributed by atoms with Crippen LogP contribution in [0, 0.1) is 7.43 Å². The summed E-state index contributed by atoms with van der Waals surface area (Å²) < 4.78 is 0. The van der Waals surface area contributed by atoms with Crippen molar-refractivity contribution in [1.29, 1.82) is 0 Å². The van der Waals surface area contributed by atoms with E-state index >= 15 is 0 Å². The zero-order chi connectivity index (χ0) is 0. The second-order valence-corrected chi connectivity index (χ2v) is 0. The van der Waals surface area contributed by atoms with E-state index in [4.69, 9.17) is 0 Å². The summed E-state index contributed by atoms with van der Waals surface area (Å²) >= 11 is 0. The molecule has 0 N–H and O–H groups in total. The average Bonchev–Trinajstić information content (AvgIpc) is 0. The van der Waals surface area contributed by atoms with Crippen LogP contribution in [0.15, 0.2) is 0 Å². The normalized spacial score (nSPS) is 0. The van der Waals surface area contributed by atoms with Gasteiger partial charge in [0, 0.05) is 72.6 Å². The summed E-state index contributed by atoms with van der Waals surface area (Å²) in [5, 5.41) is 0. The Morgan fingerprint density at radius 2 is 1.00 bits per heavy atom. The van der Waals surface area contributed by atoms with E-state index in [9.17, 15) is 0 Å². The molecule has 0 aliphatic rings. The molecule has 0 aromatic carbocycles. The third-order valence-electron chi connectivity index (χ3n) is 0. The third kappa shape index (κ3) is 22.2. The molecule has 35 valence electrons. The molecular weight excluding hydrogens is 359 g/mol. The third-order valence-corrected chi connectivity index (χ3v) is 0. The molecule has 0 heterocycles. The number of rotatable bonds is 0. The Morgan fingerprint density at radius 3 is 1.00 bits per heavy atom. The van der Waals surface area contributed by atoms with Crippen LogP contribution >= 0.6 is 0 Å². The van der Waals surface area contributed by atoms with Crippen molar-refractivity contribution in [2.45, 2.75) is 0 Å². The summed E-state index contributed by atoms with van der Waals surface area (Å²) in [5.74, 6) is 0. The first-order chi connectivity index (χ1) is 0. The molecule has 0 nitrogen and oxygen atoms in total. The minimum absolute atomic E-state index is 0. The Labute approximate surface area is 79.2 Å². The van der Waals surface area contributed by atoms with Gasteiger partial charge in [0.15, 0.2) is 0 Å². The molecular formula is CH3CrFeMnW-. The van der Waals surface area contributed by atoms with Gasteiger partial charge in [-0.3, -0.25) is 0 Å². The fourth-order valence-corrected chi connectivity index (χ4v) is 0. The summed E-state index contributed by atoms with van der Waals surface area (Å²) in [6.07, 6.45) is 0. The maximum atomic E-state index is 0. The minimum Gasteiger partial charge on any atom is -0.358 e. The van der Waals surface area contributed by atoms with E-state index in [1.165, 1.54) is 0 Å². The molecule has 0 saturated heterocycles. The summed E-state index contributed by atoms with van der Waals surface area (Å²) in [5.41, 5.74) is 0. The van der Waals surface area contributed by atoms with E-state index in [1.807, 2.05) is 0 Å². The van der Waals surface area contributed by atoms with Crippen LogP contribution in [0.3, 0.4) is 0 Å². The van der Waals surface area contributed by atoms with Crippen molar-refractivity contribution in [3.05, 3.63) is 7.43 Å². The molecule has 4 heteroatoms. The average molecular weight is 362 g/mol. The van der Waals surface area contributed by atoms with Crippen molar-refractivity contribution in [2.75, 3.05) is 0 Å². The zero-order valence-corrected chi connectivity index (χ0v) is 9.04. The van der Waals surface area contributed by atoms with Crippen molar-refractivity contribution < 1.29 is 72.6 Å². The first-order valence-corrected chi connectivity index (χ1v) is 0. The van der Waals surface area contributed by atoms with Gasteiger partial charge in [0.1, 0.15) is 0 Å². The molecule has 0 amide bonds. The molecule has 0 bridgehead atoms. The molecule has 0 aromatic rings. The Bertz CT molecular complexity index is 11.6. The summed E-state index contributed by atoms with van der Waals surface area (Å²) in [6, 6.07) is 0. The fraction of sp³-hybridized carbons (Fsp3) is 0. The Balaban J connectivity index is 0. The molecule has 5 heavy (non-hydrogen) atoms. The van der Waals surface area contributed by atoms with Gasteiger partial charge in [0.25, 0.3) is 0 Å². The van der Waals surface area contributed by atoms with Gasteiger partial charge in [-0.2, -0.15) is 0 Å². The SMILES string of the molecule is [CH3-].[Cr].[Fe].[Mn].[W]. The maximum absolute atomic E-state index is 0. The van der Waals surface area contributed by atoms with Gasteiger partial charge in [-0.05, 0) is 0 Å². The molecule has 0 rings (SSSR count). The Hall–Kier alpha value is 2.26. The predicted molar refractivity (Wildman–Crippen MR) is 6.41 cm³/mol. The molecule has 0 aliphatic carbocycles. The Morgan fingerprint density at radius 1 is 1.00 bits per heavy atom. The standard InChI is InChI=1S/CH3.Cr.Fe.Mn.W/h1H3;;;;/q-1;;;;. The van der Waals surface area contributed by atoms with Crippen molar-refractivity contribution in [1.82, 2.24) is 0 Å². The molecule has 0 spiro atoms. The first kappa shape index (κ1) is 55.7. The van der Waals surface area contributed by atoms with E-state index in [-0.39, 0.29) is 80.0 Å². The van der Waals surface area contributed by atoms with Crippen LogP contribution in [0.1, 0.15) is 0 Å². The molecule has 0 unspecified atom stereocenters. The van der Waals surface area contributed by atoms with Crippen LogP contribution in [0.25, 0.3) is 0 Å². The second kappa shape index (κ2) is 33.9. The van der Waals surface area contributed by atoms with Crippen LogP contribution in [0.5, 0.6) is 0 Å². The summed E-state index contributed by atoms with van der Waals surface area (Å²) in [4.78, 5) is 0. The summed E-state index contributed by atoms with van der Waals surface area (Å²) in [6.45, 7) is 0. The van der Waals surface area contributed by atoms with Gasteiger partial charge in [-0.15, -0.1) is 0 Å². The van der Waals surface area contributed by atoms with Crippen molar-refractivity contribution in [2.24, 2.45) is 0 Å². The van der Waals surface area contributed by atoms with Crippen molar-refractivity contribution >= 4 is 0 Å². The van der Waals surface area contributed by atoms with Crippen LogP contribution in [-0.2, 0) is 72.6 Å². The van der Waals surface area contributed by atoms with Gasteiger partial charge in [0.2, 0.25) is 0 Å². The first-order valence-electron chi connectivity index (χ1n) is 0. The van der Waals surface area contributed by atoms with E-state index in [2.05, 4.69) is 0 Å². The largest absolute Gasteiger partial charge is 0.358 e. The van der Waals surface area contributed by atoms with Gasteiger partial charge in [0.05, 0.1) is 0 Å². The minimum atomic E-state index is 0. The number of hydrogen-bond donors (Lipinski definition) is 0. The fourth-order valence-electron chi connectivity index (χ4n) is 0. The van der Waals surface area contributed by atoms with Gasteiger partial charge >= 0.3 is 0 Å². The monoisotopic (exact) mass is 362 g/mol. The van der Waals surface area contributed by atoms with E-state index in [1.54, 1.807) is 0 Å². The van der Waals surface area contributed by atoms with E-state index < -0.39 is 0 Å². The van der Waals surface area contributed by atoms with Crippen LogP contribution in [-0.4, -0.2) is 0 Å². The van der Waals surface area contributed by atoms with Crippen LogP contribution in [0.2, 0.25) is 0 Å². The van der Waals surface area contributed by atoms with Crippen molar-refractivity contribution in [3.8, 4) is 0 Å². The molecule has 0 aromatic heterocycles. The van der Waals surface area contributed by atoms with E-state index in [0.717, 1.165) is 0 Å². The van der Waals surface area contributed by atoms with Crippen LogP contribution < -0.4 is 0 Å².